The van der Waals surface area contributed by atoms with E-state index in [1.807, 2.05) is 20.8 Å². The van der Waals surface area contributed by atoms with Gasteiger partial charge in [-0.2, -0.15) is 0 Å². The quantitative estimate of drug-likeness (QED) is 0.616. The van der Waals surface area contributed by atoms with E-state index in [4.69, 9.17) is 4.74 Å². The molecule has 0 spiro atoms. The Morgan fingerprint density at radius 1 is 1.29 bits per heavy atom. The third kappa shape index (κ3) is 4.87. The van der Waals surface area contributed by atoms with Crippen LogP contribution in [0.15, 0.2) is 30.7 Å². The van der Waals surface area contributed by atoms with E-state index in [1.165, 1.54) is 16.8 Å². The summed E-state index contributed by atoms with van der Waals surface area (Å²) >= 11 is 0. The second kappa shape index (κ2) is 7.20. The Morgan fingerprint density at radius 2 is 2.04 bits per heavy atom. The first-order valence-electron chi connectivity index (χ1n) is 7.61. The highest BCUT2D eigenvalue weighted by Crippen LogP contribution is 2.13. The van der Waals surface area contributed by atoms with E-state index in [0.29, 0.717) is 25.1 Å². The predicted octanol–water partition coefficient (Wildman–Crippen LogP) is 3.14. The van der Waals surface area contributed by atoms with Crippen molar-refractivity contribution in [2.75, 3.05) is 0 Å². The van der Waals surface area contributed by atoms with Crippen molar-refractivity contribution in [1.29, 1.82) is 0 Å². The number of rotatable bonds is 5. The van der Waals surface area contributed by atoms with Crippen molar-refractivity contribution in [1.82, 2.24) is 14.5 Å². The maximum absolute atomic E-state index is 12.1. The molecule has 0 aromatic carbocycles. The fraction of sp³-hybridized carbons (Fsp3) is 0.438. The smallest absolute Gasteiger partial charge is 0.419 e. The molecule has 0 aliphatic rings. The monoisotopic (exact) mass is 332 g/mol. The molecule has 24 heavy (non-hydrogen) atoms. The fourth-order valence-electron chi connectivity index (χ4n) is 2.10. The molecule has 0 radical (unpaired) electrons. The molecule has 128 valence electrons. The molecule has 0 N–H and O–H groups in total. The topological polar surface area (TPSA) is 100 Å². The third-order valence-electron chi connectivity index (χ3n) is 3.16. The summed E-state index contributed by atoms with van der Waals surface area (Å²) in [6.07, 6.45) is 5.85. The predicted molar refractivity (Wildman–Crippen MR) is 86.8 cm³/mol. The maximum atomic E-state index is 12.1. The van der Waals surface area contributed by atoms with Gasteiger partial charge in [0.05, 0.1) is 4.92 Å². The molecule has 0 fully saturated rings. The van der Waals surface area contributed by atoms with Gasteiger partial charge in [-0.05, 0) is 39.7 Å². The first-order chi connectivity index (χ1) is 11.3. The van der Waals surface area contributed by atoms with E-state index in [0.717, 1.165) is 5.69 Å². The van der Waals surface area contributed by atoms with Crippen molar-refractivity contribution in [3.8, 4) is 0 Å². The molecule has 0 unspecified atom stereocenters. The van der Waals surface area contributed by atoms with Crippen LogP contribution >= 0.6 is 0 Å². The standard InChI is InChI=1S/C16H20N4O4/c1-16(2,3)24-15(21)19-10-9-17-14(19)6-4-5-12-7-8-13(11-18-12)20(22)23/h7-11H,4-6H2,1-3H3. The minimum atomic E-state index is -0.568. The Bertz CT molecular complexity index is 716. The van der Waals surface area contributed by atoms with Crippen LogP contribution in [0, 0.1) is 10.1 Å². The van der Waals surface area contributed by atoms with Gasteiger partial charge in [-0.15, -0.1) is 0 Å². The van der Waals surface area contributed by atoms with Crippen molar-refractivity contribution >= 4 is 11.8 Å². The summed E-state index contributed by atoms with van der Waals surface area (Å²) in [6.45, 7) is 5.42. The van der Waals surface area contributed by atoms with E-state index in [-0.39, 0.29) is 5.69 Å². The van der Waals surface area contributed by atoms with Crippen molar-refractivity contribution < 1.29 is 14.5 Å². The third-order valence-corrected chi connectivity index (χ3v) is 3.16. The number of hydrogen-bond acceptors (Lipinski definition) is 6. The fourth-order valence-corrected chi connectivity index (χ4v) is 2.10. The van der Waals surface area contributed by atoms with Gasteiger partial charge < -0.3 is 4.74 Å². The van der Waals surface area contributed by atoms with Gasteiger partial charge in [0.1, 0.15) is 17.6 Å². The van der Waals surface area contributed by atoms with Crippen molar-refractivity contribution in [3.05, 3.63) is 52.4 Å². The number of imidazole rings is 1. The lowest BCUT2D eigenvalue weighted by atomic mass is 10.1. The molecule has 0 saturated carbocycles. The van der Waals surface area contributed by atoms with Crippen LogP contribution in [0.1, 0.15) is 38.7 Å². The number of nitrogens with zero attached hydrogens (tertiary/aromatic N) is 4. The van der Waals surface area contributed by atoms with E-state index in [9.17, 15) is 14.9 Å². The van der Waals surface area contributed by atoms with Gasteiger partial charge in [0.2, 0.25) is 0 Å². The Kier molecular flexibility index (Phi) is 5.28. The Hall–Kier alpha value is -2.77. The maximum Gasteiger partial charge on any atom is 0.419 e. The van der Waals surface area contributed by atoms with E-state index in [2.05, 4.69) is 9.97 Å². The summed E-state index contributed by atoms with van der Waals surface area (Å²) < 4.78 is 6.73. The molecule has 2 rings (SSSR count). The second-order valence-corrected chi connectivity index (χ2v) is 6.31. The average Bonchev–Trinajstić information content (AvgIpc) is 2.94. The number of aromatic nitrogens is 3. The molecule has 8 nitrogen and oxygen atoms in total. The summed E-state index contributed by atoms with van der Waals surface area (Å²) in [7, 11) is 0. The van der Waals surface area contributed by atoms with Gasteiger partial charge in [-0.1, -0.05) is 0 Å². The second-order valence-electron chi connectivity index (χ2n) is 6.31. The number of carbonyl (C=O) groups is 1. The minimum absolute atomic E-state index is 0.0285. The number of hydrogen-bond donors (Lipinski definition) is 0. The highest BCUT2D eigenvalue weighted by atomic mass is 16.6. The first-order valence-corrected chi connectivity index (χ1v) is 7.61. The zero-order chi connectivity index (χ0) is 17.7. The zero-order valence-corrected chi connectivity index (χ0v) is 13.9. The molecule has 2 aromatic rings. The Labute approximate surface area is 139 Å². The molecular formula is C16H20N4O4. The van der Waals surface area contributed by atoms with E-state index < -0.39 is 16.6 Å². The van der Waals surface area contributed by atoms with Gasteiger partial charge in [0.15, 0.2) is 0 Å². The lowest BCUT2D eigenvalue weighted by Gasteiger charge is -2.20. The molecule has 0 amide bonds. The van der Waals surface area contributed by atoms with Crippen LogP contribution in [0.25, 0.3) is 0 Å². The van der Waals surface area contributed by atoms with Gasteiger partial charge in [-0.25, -0.2) is 14.3 Å². The highest BCUT2D eigenvalue weighted by Gasteiger charge is 2.19. The largest absolute Gasteiger partial charge is 0.443 e. The van der Waals surface area contributed by atoms with E-state index in [1.54, 1.807) is 18.5 Å². The van der Waals surface area contributed by atoms with E-state index >= 15 is 0 Å². The number of nitro groups is 1. The van der Waals surface area contributed by atoms with Gasteiger partial charge >= 0.3 is 6.09 Å². The molecule has 0 aliphatic carbocycles. The molecule has 0 aliphatic heterocycles. The Balaban J connectivity index is 1.92. The van der Waals surface area contributed by atoms with Crippen LogP contribution in [0.2, 0.25) is 0 Å². The highest BCUT2D eigenvalue weighted by molar-refractivity contribution is 5.71. The summed E-state index contributed by atoms with van der Waals surface area (Å²) in [4.78, 5) is 30.5. The molecule has 2 heterocycles. The van der Waals surface area contributed by atoms with Crippen LogP contribution in [0.5, 0.6) is 0 Å². The van der Waals surface area contributed by atoms with Crippen LogP contribution in [-0.4, -0.2) is 31.2 Å². The molecule has 0 atom stereocenters. The lowest BCUT2D eigenvalue weighted by molar-refractivity contribution is -0.385. The Morgan fingerprint density at radius 3 is 2.62 bits per heavy atom. The lowest BCUT2D eigenvalue weighted by Crippen LogP contribution is -2.27. The van der Waals surface area contributed by atoms with Crippen LogP contribution in [-0.2, 0) is 17.6 Å². The normalized spacial score (nSPS) is 11.3. The summed E-state index contributed by atoms with van der Waals surface area (Å²) in [5.74, 6) is 0.617. The first kappa shape index (κ1) is 17.6. The average molecular weight is 332 g/mol. The van der Waals surface area contributed by atoms with Crippen molar-refractivity contribution in [3.63, 3.8) is 0 Å². The summed E-state index contributed by atoms with van der Waals surface area (Å²) in [5.41, 5.74) is 0.164. The van der Waals surface area contributed by atoms with Crippen LogP contribution in [0.4, 0.5) is 10.5 Å². The number of pyridine rings is 1. The van der Waals surface area contributed by atoms with Gasteiger partial charge in [-0.3, -0.25) is 15.1 Å². The van der Waals surface area contributed by atoms with Crippen LogP contribution in [0.3, 0.4) is 0 Å². The molecule has 2 aromatic heterocycles. The van der Waals surface area contributed by atoms with Crippen molar-refractivity contribution in [2.45, 2.75) is 45.6 Å². The number of carbonyl (C=O) groups excluding carboxylic acids is 1. The number of aryl methyl sites for hydroxylation is 2. The minimum Gasteiger partial charge on any atom is -0.443 e. The van der Waals surface area contributed by atoms with Gasteiger partial charge in [0, 0.05) is 30.6 Å². The molecular weight excluding hydrogens is 312 g/mol. The molecule has 8 heteroatoms. The summed E-state index contributed by atoms with van der Waals surface area (Å²) in [5, 5.41) is 10.6. The SMILES string of the molecule is CC(C)(C)OC(=O)n1ccnc1CCCc1ccc([N+](=O)[O-])cn1. The molecule has 0 bridgehead atoms. The zero-order valence-electron chi connectivity index (χ0n) is 13.9. The summed E-state index contributed by atoms with van der Waals surface area (Å²) in [6, 6.07) is 3.07. The molecule has 0 saturated heterocycles. The van der Waals surface area contributed by atoms with Gasteiger partial charge in [0.25, 0.3) is 5.69 Å². The van der Waals surface area contributed by atoms with Crippen molar-refractivity contribution in [2.24, 2.45) is 0 Å². The number of ether oxygens (including phenoxy) is 1. The van der Waals surface area contributed by atoms with Crippen LogP contribution < -0.4 is 0 Å².